The highest BCUT2D eigenvalue weighted by Crippen LogP contribution is 2.45. The van der Waals surface area contributed by atoms with Gasteiger partial charge in [-0.15, -0.1) is 0 Å². The molecule has 3 rings (SSSR count). The smallest absolute Gasteiger partial charge is 0.176 e. The first kappa shape index (κ1) is 14.0. The average molecular weight is 281 g/mol. The van der Waals surface area contributed by atoms with Crippen molar-refractivity contribution in [2.45, 2.75) is 17.7 Å². The van der Waals surface area contributed by atoms with E-state index in [4.69, 9.17) is 0 Å². The lowest BCUT2D eigenvalue weighted by Gasteiger charge is -2.48. The van der Waals surface area contributed by atoms with Gasteiger partial charge in [0.25, 0.3) is 0 Å². The monoisotopic (exact) mass is 281 g/mol. The summed E-state index contributed by atoms with van der Waals surface area (Å²) in [6, 6.07) is 18.5. The second-order valence-electron chi connectivity index (χ2n) is 5.58. The molecule has 1 fully saturated rings. The summed E-state index contributed by atoms with van der Waals surface area (Å²) in [6.07, 6.45) is 0.315. The molecule has 0 bridgehead atoms. The van der Waals surface area contributed by atoms with E-state index in [1.165, 1.54) is 0 Å². The summed E-state index contributed by atoms with van der Waals surface area (Å²) < 4.78 is 0. The van der Waals surface area contributed by atoms with Crippen molar-refractivity contribution in [3.05, 3.63) is 83.9 Å². The van der Waals surface area contributed by atoms with E-state index >= 15 is 0 Å². The van der Waals surface area contributed by atoms with Crippen molar-refractivity contribution in [3.8, 4) is 0 Å². The fraction of sp³-hybridized carbons (Fsp3) is 0.222. The maximum Gasteiger partial charge on any atom is 0.176 e. The van der Waals surface area contributed by atoms with Crippen LogP contribution in [0, 0.1) is 0 Å². The van der Waals surface area contributed by atoms with Gasteiger partial charge in [0.1, 0.15) is 5.60 Å². The van der Waals surface area contributed by atoms with Crippen LogP contribution < -0.4 is 5.32 Å². The number of hydrogen-bond acceptors (Lipinski definition) is 3. The van der Waals surface area contributed by atoms with Gasteiger partial charge < -0.3 is 10.2 Å². The van der Waals surface area contributed by atoms with E-state index in [1.54, 1.807) is 0 Å². The van der Waals surface area contributed by atoms with Gasteiger partial charge in [0.05, 0.1) is 0 Å². The molecule has 1 saturated heterocycles. The van der Waals surface area contributed by atoms with E-state index in [2.05, 4.69) is 11.9 Å². The Kier molecular flexibility index (Phi) is 3.41. The first-order valence-corrected chi connectivity index (χ1v) is 7.04. The highest BCUT2D eigenvalue weighted by molar-refractivity contribution is 5.37. The topological polar surface area (TPSA) is 52.5 Å². The summed E-state index contributed by atoms with van der Waals surface area (Å²) in [4.78, 5) is 0. The first-order chi connectivity index (χ1) is 10.1. The molecule has 0 spiro atoms. The van der Waals surface area contributed by atoms with Gasteiger partial charge in [-0.05, 0) is 5.56 Å². The Morgan fingerprint density at radius 2 is 1.38 bits per heavy atom. The zero-order valence-corrected chi connectivity index (χ0v) is 11.8. The molecule has 1 aliphatic rings. The van der Waals surface area contributed by atoms with Crippen LogP contribution in [-0.4, -0.2) is 16.8 Å². The summed E-state index contributed by atoms with van der Waals surface area (Å²) in [6.45, 7) is 4.43. The lowest BCUT2D eigenvalue weighted by molar-refractivity contribution is -0.193. The van der Waals surface area contributed by atoms with Gasteiger partial charge in [-0.25, -0.2) is 0 Å². The van der Waals surface area contributed by atoms with Gasteiger partial charge in [0, 0.05) is 18.5 Å². The van der Waals surface area contributed by atoms with Crippen LogP contribution >= 0.6 is 0 Å². The van der Waals surface area contributed by atoms with Crippen molar-refractivity contribution in [2.24, 2.45) is 0 Å². The van der Waals surface area contributed by atoms with Gasteiger partial charge in [-0.3, -0.25) is 5.32 Å². The molecule has 21 heavy (non-hydrogen) atoms. The van der Waals surface area contributed by atoms with Crippen LogP contribution in [0.5, 0.6) is 0 Å². The van der Waals surface area contributed by atoms with Gasteiger partial charge >= 0.3 is 0 Å². The highest BCUT2D eigenvalue weighted by Gasteiger charge is 2.54. The van der Waals surface area contributed by atoms with E-state index in [1.807, 2.05) is 60.7 Å². The van der Waals surface area contributed by atoms with Crippen molar-refractivity contribution in [1.82, 2.24) is 5.32 Å². The Morgan fingerprint density at radius 1 is 0.857 bits per heavy atom. The Balaban J connectivity index is 2.15. The number of aliphatic hydroxyl groups is 2. The third-order valence-corrected chi connectivity index (χ3v) is 4.14. The minimum atomic E-state index is -1.54. The Morgan fingerprint density at radius 3 is 1.95 bits per heavy atom. The Hall–Kier alpha value is -1.94. The largest absolute Gasteiger partial charge is 0.380 e. The normalized spacial score (nSPS) is 29.3. The van der Waals surface area contributed by atoms with E-state index < -0.39 is 11.3 Å². The van der Waals surface area contributed by atoms with Gasteiger partial charge in [0.15, 0.2) is 5.72 Å². The maximum atomic E-state index is 11.3. The predicted octanol–water partition coefficient (Wildman–Crippen LogP) is 2.27. The van der Waals surface area contributed by atoms with Gasteiger partial charge in [0.2, 0.25) is 0 Å². The zero-order chi connectivity index (χ0) is 14.9. The molecule has 2 atom stereocenters. The summed E-state index contributed by atoms with van der Waals surface area (Å²) in [5.74, 6) is 0. The predicted molar refractivity (Wildman–Crippen MR) is 82.4 cm³/mol. The number of rotatable bonds is 2. The minimum Gasteiger partial charge on any atom is -0.380 e. The molecular formula is C18H19NO2. The number of benzene rings is 2. The first-order valence-electron chi connectivity index (χ1n) is 7.04. The van der Waals surface area contributed by atoms with Crippen LogP contribution in [-0.2, 0) is 11.3 Å². The molecule has 3 nitrogen and oxygen atoms in total. The Bertz CT molecular complexity index is 641. The van der Waals surface area contributed by atoms with Crippen molar-refractivity contribution in [1.29, 1.82) is 0 Å². The molecule has 108 valence electrons. The zero-order valence-electron chi connectivity index (χ0n) is 11.8. The number of hydrogen-bond donors (Lipinski definition) is 3. The summed E-state index contributed by atoms with van der Waals surface area (Å²) in [7, 11) is 0. The SMILES string of the molecule is C=C1CNC(O)(c2ccccc2)C(O)(c2ccccc2)C1. The average Bonchev–Trinajstić information content (AvgIpc) is 2.53. The lowest BCUT2D eigenvalue weighted by Crippen LogP contribution is -2.62. The molecule has 0 radical (unpaired) electrons. The van der Waals surface area contributed by atoms with E-state index in [0.717, 1.165) is 5.57 Å². The molecule has 1 aliphatic heterocycles. The summed E-state index contributed by atoms with van der Waals surface area (Å²) in [5, 5.41) is 25.6. The second-order valence-corrected chi connectivity index (χ2v) is 5.58. The van der Waals surface area contributed by atoms with Crippen LogP contribution in [0.4, 0.5) is 0 Å². The molecule has 0 amide bonds. The quantitative estimate of drug-likeness (QED) is 0.740. The molecule has 3 heteroatoms. The molecule has 0 aromatic heterocycles. The van der Waals surface area contributed by atoms with Crippen LogP contribution in [0.2, 0.25) is 0 Å². The molecule has 0 saturated carbocycles. The number of nitrogens with one attached hydrogen (secondary N) is 1. The van der Waals surface area contributed by atoms with E-state index in [-0.39, 0.29) is 0 Å². The van der Waals surface area contributed by atoms with Crippen molar-refractivity contribution >= 4 is 0 Å². The lowest BCUT2D eigenvalue weighted by atomic mass is 9.73. The summed E-state index contributed by atoms with van der Waals surface area (Å²) >= 11 is 0. The molecule has 2 unspecified atom stereocenters. The van der Waals surface area contributed by atoms with Crippen molar-refractivity contribution in [3.63, 3.8) is 0 Å². The van der Waals surface area contributed by atoms with Crippen molar-refractivity contribution < 1.29 is 10.2 Å². The molecule has 1 heterocycles. The maximum absolute atomic E-state index is 11.3. The van der Waals surface area contributed by atoms with Gasteiger partial charge in [-0.2, -0.15) is 0 Å². The molecule has 0 aliphatic carbocycles. The molecule has 3 N–H and O–H groups in total. The fourth-order valence-electron chi connectivity index (χ4n) is 3.00. The highest BCUT2D eigenvalue weighted by atomic mass is 16.4. The second kappa shape index (κ2) is 5.11. The van der Waals surface area contributed by atoms with Crippen molar-refractivity contribution in [2.75, 3.05) is 6.54 Å². The van der Waals surface area contributed by atoms with E-state index in [0.29, 0.717) is 24.1 Å². The van der Waals surface area contributed by atoms with Crippen LogP contribution in [0.3, 0.4) is 0 Å². The summed E-state index contributed by atoms with van der Waals surface area (Å²) in [5.41, 5.74) is -0.822. The standard InChI is InChI=1S/C18H19NO2/c1-14-12-17(20,15-8-4-2-5-9-15)18(21,19-13-14)16-10-6-3-7-11-16/h2-11,19-21H,1,12-13H2. The van der Waals surface area contributed by atoms with Crippen LogP contribution in [0.15, 0.2) is 72.8 Å². The Labute approximate surface area is 124 Å². The van der Waals surface area contributed by atoms with Gasteiger partial charge in [-0.1, -0.05) is 72.8 Å². The molecule has 2 aromatic carbocycles. The van der Waals surface area contributed by atoms with Crippen LogP contribution in [0.25, 0.3) is 0 Å². The third kappa shape index (κ3) is 2.20. The molecule has 2 aromatic rings. The third-order valence-electron chi connectivity index (χ3n) is 4.14. The number of piperidine rings is 1. The molecular weight excluding hydrogens is 262 g/mol. The minimum absolute atomic E-state index is 0.315. The van der Waals surface area contributed by atoms with Crippen LogP contribution in [0.1, 0.15) is 17.5 Å². The fourth-order valence-corrected chi connectivity index (χ4v) is 3.00. The van der Waals surface area contributed by atoms with E-state index in [9.17, 15) is 10.2 Å².